The predicted octanol–water partition coefficient (Wildman–Crippen LogP) is 2.19. The first-order valence-electron chi connectivity index (χ1n) is 4.02. The van der Waals surface area contributed by atoms with E-state index in [2.05, 4.69) is 10.3 Å². The molecule has 0 aliphatic heterocycles. The second kappa shape index (κ2) is 4.62. The molecule has 1 atom stereocenters. The van der Waals surface area contributed by atoms with Crippen molar-refractivity contribution in [1.82, 2.24) is 10.3 Å². The lowest BCUT2D eigenvalue weighted by molar-refractivity contribution is 0.105. The lowest BCUT2D eigenvalue weighted by Gasteiger charge is -2.10. The molecule has 13 heavy (non-hydrogen) atoms. The van der Waals surface area contributed by atoms with Crippen LogP contribution >= 0.6 is 11.3 Å². The molecule has 0 fully saturated rings. The van der Waals surface area contributed by atoms with E-state index in [0.717, 1.165) is 9.88 Å². The van der Waals surface area contributed by atoms with Crippen molar-refractivity contribution >= 4 is 11.3 Å². The van der Waals surface area contributed by atoms with E-state index >= 15 is 0 Å². The molecular formula is C8H12F2N2S. The van der Waals surface area contributed by atoms with E-state index < -0.39 is 12.5 Å². The fourth-order valence-electron chi connectivity index (χ4n) is 0.821. The monoisotopic (exact) mass is 206 g/mol. The van der Waals surface area contributed by atoms with Crippen molar-refractivity contribution in [2.24, 2.45) is 0 Å². The molecule has 5 heteroatoms. The summed E-state index contributed by atoms with van der Waals surface area (Å²) < 4.78 is 24.1. The van der Waals surface area contributed by atoms with Crippen LogP contribution in [0.25, 0.3) is 0 Å². The minimum absolute atomic E-state index is 0.421. The van der Waals surface area contributed by atoms with Gasteiger partial charge in [0.1, 0.15) is 5.01 Å². The number of nitrogens with zero attached hydrogens (tertiary/aromatic N) is 1. The molecule has 74 valence electrons. The number of halogens is 2. The zero-order valence-electron chi connectivity index (χ0n) is 7.55. The smallest absolute Gasteiger partial charge is 0.253 e. The van der Waals surface area contributed by atoms with Crippen molar-refractivity contribution < 1.29 is 8.78 Å². The highest BCUT2D eigenvalue weighted by molar-refractivity contribution is 7.11. The Balaban J connectivity index is 2.35. The number of rotatable bonds is 4. The average Bonchev–Trinajstić information content (AvgIpc) is 2.47. The summed E-state index contributed by atoms with van der Waals surface area (Å²) >= 11 is 1.52. The van der Waals surface area contributed by atoms with Crippen LogP contribution in [0, 0.1) is 6.92 Å². The molecule has 0 aromatic carbocycles. The molecule has 0 aliphatic rings. The molecule has 1 heterocycles. The SMILES string of the molecule is Cc1cnc(CNC(C)C(F)F)s1. The number of hydrogen-bond acceptors (Lipinski definition) is 3. The van der Waals surface area contributed by atoms with Gasteiger partial charge in [-0.3, -0.25) is 0 Å². The van der Waals surface area contributed by atoms with Gasteiger partial charge >= 0.3 is 0 Å². The quantitative estimate of drug-likeness (QED) is 0.816. The highest BCUT2D eigenvalue weighted by atomic mass is 32.1. The van der Waals surface area contributed by atoms with E-state index in [4.69, 9.17) is 0 Å². The van der Waals surface area contributed by atoms with Gasteiger partial charge in [-0.25, -0.2) is 13.8 Å². The molecule has 2 nitrogen and oxygen atoms in total. The van der Waals surface area contributed by atoms with Crippen molar-refractivity contribution in [2.45, 2.75) is 32.9 Å². The molecule has 0 saturated heterocycles. The lowest BCUT2D eigenvalue weighted by atomic mass is 10.3. The van der Waals surface area contributed by atoms with Crippen LogP contribution in [0.4, 0.5) is 8.78 Å². The first-order chi connectivity index (χ1) is 6.09. The summed E-state index contributed by atoms with van der Waals surface area (Å²) in [6.45, 7) is 3.83. The second-order valence-electron chi connectivity index (χ2n) is 2.87. The van der Waals surface area contributed by atoms with Crippen molar-refractivity contribution in [1.29, 1.82) is 0 Å². The molecular weight excluding hydrogens is 194 g/mol. The molecule has 1 unspecified atom stereocenters. The van der Waals surface area contributed by atoms with E-state index in [9.17, 15) is 8.78 Å². The molecule has 1 aromatic rings. The molecule has 0 radical (unpaired) electrons. The number of aromatic nitrogens is 1. The maximum Gasteiger partial charge on any atom is 0.253 e. The zero-order chi connectivity index (χ0) is 9.84. The Kier molecular flexibility index (Phi) is 3.74. The Morgan fingerprint density at radius 1 is 1.62 bits per heavy atom. The van der Waals surface area contributed by atoms with E-state index in [1.54, 1.807) is 6.20 Å². The van der Waals surface area contributed by atoms with E-state index in [-0.39, 0.29) is 0 Å². The second-order valence-corrected chi connectivity index (χ2v) is 4.19. The van der Waals surface area contributed by atoms with Crippen LogP contribution in [-0.4, -0.2) is 17.5 Å². The minimum atomic E-state index is -2.32. The van der Waals surface area contributed by atoms with Crippen LogP contribution in [0.15, 0.2) is 6.20 Å². The Bertz CT molecular complexity index is 262. The van der Waals surface area contributed by atoms with Gasteiger partial charge in [0, 0.05) is 17.6 Å². The van der Waals surface area contributed by atoms with Crippen molar-refractivity contribution in [3.8, 4) is 0 Å². The number of aryl methyl sites for hydroxylation is 1. The van der Waals surface area contributed by atoms with Crippen molar-refractivity contribution in [3.05, 3.63) is 16.1 Å². The van der Waals surface area contributed by atoms with E-state index in [1.807, 2.05) is 6.92 Å². The van der Waals surface area contributed by atoms with Crippen molar-refractivity contribution in [2.75, 3.05) is 0 Å². The third kappa shape index (κ3) is 3.36. The number of hydrogen-bond donors (Lipinski definition) is 1. The summed E-state index contributed by atoms with van der Waals surface area (Å²) in [5.74, 6) is 0. The van der Waals surface area contributed by atoms with Crippen LogP contribution in [0.5, 0.6) is 0 Å². The Hall–Kier alpha value is -0.550. The standard InChI is InChI=1S/C8H12F2N2S/c1-5-3-12-7(13-5)4-11-6(2)8(9)10/h3,6,8,11H,4H2,1-2H3. The lowest BCUT2D eigenvalue weighted by Crippen LogP contribution is -2.31. The largest absolute Gasteiger partial charge is 0.303 e. The van der Waals surface area contributed by atoms with Crippen LogP contribution in [0.2, 0.25) is 0 Å². The summed E-state index contributed by atoms with van der Waals surface area (Å²) in [6, 6.07) is -0.774. The van der Waals surface area contributed by atoms with Crippen LogP contribution in [-0.2, 0) is 6.54 Å². The van der Waals surface area contributed by atoms with Gasteiger partial charge in [0.25, 0.3) is 6.43 Å². The minimum Gasteiger partial charge on any atom is -0.303 e. The van der Waals surface area contributed by atoms with Gasteiger partial charge in [0.2, 0.25) is 0 Å². The number of thiazole rings is 1. The van der Waals surface area contributed by atoms with Gasteiger partial charge in [-0.05, 0) is 13.8 Å². The molecule has 0 spiro atoms. The number of alkyl halides is 2. The summed E-state index contributed by atoms with van der Waals surface area (Å²) in [5, 5.41) is 3.56. The van der Waals surface area contributed by atoms with Crippen molar-refractivity contribution in [3.63, 3.8) is 0 Å². The molecule has 0 amide bonds. The van der Waals surface area contributed by atoms with Gasteiger partial charge in [-0.2, -0.15) is 0 Å². The van der Waals surface area contributed by atoms with Crippen LogP contribution in [0.3, 0.4) is 0 Å². The predicted molar refractivity (Wildman–Crippen MR) is 49.2 cm³/mol. The Labute approximate surface area is 80.0 Å². The summed E-state index contributed by atoms with van der Waals surface area (Å²) in [6.07, 6.45) is -0.574. The molecule has 0 saturated carbocycles. The van der Waals surface area contributed by atoms with E-state index in [1.165, 1.54) is 18.3 Å². The van der Waals surface area contributed by atoms with E-state index in [0.29, 0.717) is 6.54 Å². The highest BCUT2D eigenvalue weighted by Gasteiger charge is 2.13. The maximum absolute atomic E-state index is 12.1. The molecule has 0 bridgehead atoms. The molecule has 1 rings (SSSR count). The topological polar surface area (TPSA) is 24.9 Å². The third-order valence-electron chi connectivity index (χ3n) is 1.62. The normalized spacial score (nSPS) is 13.6. The fraction of sp³-hybridized carbons (Fsp3) is 0.625. The highest BCUT2D eigenvalue weighted by Crippen LogP contribution is 2.11. The Morgan fingerprint density at radius 2 is 2.31 bits per heavy atom. The third-order valence-corrected chi connectivity index (χ3v) is 2.54. The van der Waals surface area contributed by atoms with Gasteiger partial charge < -0.3 is 5.32 Å². The number of nitrogens with one attached hydrogen (secondary N) is 1. The first kappa shape index (κ1) is 10.5. The summed E-state index contributed by atoms with van der Waals surface area (Å²) in [7, 11) is 0. The molecule has 0 aliphatic carbocycles. The average molecular weight is 206 g/mol. The molecule has 1 aromatic heterocycles. The van der Waals surface area contributed by atoms with Gasteiger partial charge in [-0.1, -0.05) is 0 Å². The van der Waals surface area contributed by atoms with Gasteiger partial charge in [0.15, 0.2) is 0 Å². The van der Waals surface area contributed by atoms with Crippen LogP contribution in [0.1, 0.15) is 16.8 Å². The van der Waals surface area contributed by atoms with Gasteiger partial charge in [-0.15, -0.1) is 11.3 Å². The van der Waals surface area contributed by atoms with Crippen LogP contribution < -0.4 is 5.32 Å². The summed E-state index contributed by atoms with van der Waals surface area (Å²) in [4.78, 5) is 5.16. The first-order valence-corrected chi connectivity index (χ1v) is 4.84. The summed E-state index contributed by atoms with van der Waals surface area (Å²) in [5.41, 5.74) is 0. The fourth-order valence-corrected chi connectivity index (χ4v) is 1.56. The zero-order valence-corrected chi connectivity index (χ0v) is 8.37. The maximum atomic E-state index is 12.1. The molecule has 1 N–H and O–H groups in total. The van der Waals surface area contributed by atoms with Gasteiger partial charge in [0.05, 0.1) is 6.04 Å². The Morgan fingerprint density at radius 3 is 2.77 bits per heavy atom.